The van der Waals surface area contributed by atoms with Crippen molar-refractivity contribution >= 4 is 51.9 Å². The Bertz CT molecular complexity index is 2520. The number of urea groups is 1. The predicted molar refractivity (Wildman–Crippen MR) is 233 cm³/mol. The number of carbonyl (C=O) groups excluding carboxylic acids is 3. The van der Waals surface area contributed by atoms with E-state index < -0.39 is 35.1 Å². The van der Waals surface area contributed by atoms with Crippen molar-refractivity contribution in [1.82, 2.24) is 20.4 Å². The third-order valence-electron chi connectivity index (χ3n) is 12.5. The molecule has 326 valence electrons. The summed E-state index contributed by atoms with van der Waals surface area (Å²) in [5.41, 5.74) is 7.40. The van der Waals surface area contributed by atoms with Gasteiger partial charge in [0.25, 0.3) is 0 Å². The normalized spacial score (nSPS) is 20.0. The Morgan fingerprint density at radius 3 is 2.66 bits per heavy atom. The zero-order chi connectivity index (χ0) is 43.7. The van der Waals surface area contributed by atoms with Crippen LogP contribution in [-0.4, -0.2) is 78.7 Å². The summed E-state index contributed by atoms with van der Waals surface area (Å²) < 4.78 is 46.1. The standard InChI is InChI=1S/C46H50ClF2N7O6/c1-27-37-35(24-32(48)40(47)39(37)38-30(43(50)59)16-17-34(41(38)49)61-23-22-57)62-46(27,29-12-4-3-5-13-29)26-51-19-7-6-10-28-11-9-20-55(25-28)33-15-8-14-31-42(33)54(2)53-44(31)56-21-18-36(58)52-45(56)60/h3-5,8,12-17,24,27-28,51,57H,6-7,9-11,18-23,25-26H2,1-2H3,(H2,50,59)(H,52,58,60)/t27-,28-,46-/m0/s1. The molecule has 5 N–H and O–H groups in total. The number of para-hydroxylation sites is 1. The number of nitrogens with zero attached hydrogens (tertiary/aromatic N) is 4. The SMILES string of the molecule is C[C@H]1c2c(cc(F)c(Cl)c2-c2c(C(N)=O)ccc(OCCO)c2F)O[C@]1(CNCCCC[C@H]1CCCN(c2cccc3c(N4CCC(=O)NC4=O)nn(C)c23)C1)c1ccccc1. The van der Waals surface area contributed by atoms with Gasteiger partial charge < -0.3 is 30.5 Å². The Morgan fingerprint density at radius 1 is 1.10 bits per heavy atom. The first-order valence-electron chi connectivity index (χ1n) is 21.1. The molecule has 0 saturated carbocycles. The van der Waals surface area contributed by atoms with Gasteiger partial charge >= 0.3 is 6.03 Å². The number of amides is 4. The maximum Gasteiger partial charge on any atom is 0.329 e. The largest absolute Gasteiger partial charge is 0.488 e. The van der Waals surface area contributed by atoms with Crippen LogP contribution in [0.15, 0.2) is 66.7 Å². The highest BCUT2D eigenvalue weighted by Gasteiger charge is 2.50. The highest BCUT2D eigenvalue weighted by molar-refractivity contribution is 6.34. The summed E-state index contributed by atoms with van der Waals surface area (Å²) in [4.78, 5) is 41.2. The Labute approximate surface area is 363 Å². The van der Waals surface area contributed by atoms with E-state index in [0.717, 1.165) is 67.3 Å². The number of primary amides is 1. The van der Waals surface area contributed by atoms with Gasteiger partial charge in [0.1, 0.15) is 18.2 Å². The van der Waals surface area contributed by atoms with Crippen molar-refractivity contribution in [2.75, 3.05) is 55.7 Å². The number of aromatic nitrogens is 2. The number of benzene rings is 4. The molecule has 2 fully saturated rings. The number of aryl methyl sites for hydroxylation is 1. The van der Waals surface area contributed by atoms with Gasteiger partial charge in [-0.2, -0.15) is 5.10 Å². The Hall–Kier alpha value is -5.77. The lowest BCUT2D eigenvalue weighted by Crippen LogP contribution is -2.49. The smallest absolute Gasteiger partial charge is 0.329 e. The van der Waals surface area contributed by atoms with Crippen LogP contribution in [0.1, 0.15) is 72.9 Å². The maximum atomic E-state index is 16.4. The summed E-state index contributed by atoms with van der Waals surface area (Å²) in [6.45, 7) is 4.43. The number of anilines is 2. The van der Waals surface area contributed by atoms with Crippen LogP contribution < -0.4 is 35.6 Å². The molecule has 3 aliphatic rings. The maximum absolute atomic E-state index is 16.4. The number of fused-ring (bicyclic) bond motifs is 2. The second kappa shape index (κ2) is 17.9. The van der Waals surface area contributed by atoms with Crippen molar-refractivity contribution < 1.29 is 37.7 Å². The van der Waals surface area contributed by atoms with E-state index in [1.807, 2.05) is 61.1 Å². The number of aliphatic hydroxyl groups excluding tert-OH is 1. The fraction of sp³-hybridized carbons (Fsp3) is 0.391. The molecular formula is C46H50ClF2N7O6. The van der Waals surface area contributed by atoms with Crippen molar-refractivity contribution in [2.45, 2.75) is 57.0 Å². The van der Waals surface area contributed by atoms with Gasteiger partial charge in [-0.15, -0.1) is 0 Å². The summed E-state index contributed by atoms with van der Waals surface area (Å²) >= 11 is 6.69. The average molecular weight is 870 g/mol. The van der Waals surface area contributed by atoms with E-state index in [9.17, 15) is 19.5 Å². The number of nitrogens with two attached hydrogens (primary N) is 1. The first kappa shape index (κ1) is 42.9. The van der Waals surface area contributed by atoms with Crippen molar-refractivity contribution in [3.05, 3.63) is 100 Å². The summed E-state index contributed by atoms with van der Waals surface area (Å²) in [7, 11) is 1.89. The predicted octanol–water partition coefficient (Wildman–Crippen LogP) is 7.16. The quantitative estimate of drug-likeness (QED) is 0.0800. The van der Waals surface area contributed by atoms with Gasteiger partial charge in [0.05, 0.1) is 28.4 Å². The third-order valence-corrected chi connectivity index (χ3v) is 12.8. The molecule has 8 rings (SSSR count). The number of halogens is 3. The van der Waals surface area contributed by atoms with Crippen LogP contribution in [0.5, 0.6) is 11.5 Å². The highest BCUT2D eigenvalue weighted by atomic mass is 35.5. The molecule has 16 heteroatoms. The van der Waals surface area contributed by atoms with Gasteiger partial charge in [-0.25, -0.2) is 13.6 Å². The van der Waals surface area contributed by atoms with Crippen molar-refractivity contribution in [1.29, 1.82) is 0 Å². The summed E-state index contributed by atoms with van der Waals surface area (Å²) in [6, 6.07) is 18.9. The van der Waals surface area contributed by atoms with Gasteiger partial charge in [0.15, 0.2) is 23.0 Å². The molecule has 4 amide bonds. The molecule has 62 heavy (non-hydrogen) atoms. The molecule has 13 nitrogen and oxygen atoms in total. The van der Waals surface area contributed by atoms with Crippen LogP contribution in [0.3, 0.4) is 0 Å². The van der Waals surface area contributed by atoms with Crippen LogP contribution in [0.4, 0.5) is 25.1 Å². The second-order valence-corrected chi connectivity index (χ2v) is 16.7. The minimum absolute atomic E-state index is 0.0404. The Kier molecular flexibility index (Phi) is 12.4. The number of unbranched alkanes of at least 4 members (excludes halogenated alkanes) is 1. The molecule has 1 aromatic heterocycles. The number of aliphatic hydroxyl groups is 1. The third kappa shape index (κ3) is 7.93. The number of ether oxygens (including phenoxy) is 2. The Morgan fingerprint density at radius 2 is 1.90 bits per heavy atom. The number of carbonyl (C=O) groups is 3. The van der Waals surface area contributed by atoms with Gasteiger partial charge in [-0.3, -0.25) is 24.5 Å². The molecule has 2 saturated heterocycles. The molecular weight excluding hydrogens is 820 g/mol. The number of hydrogen-bond donors (Lipinski definition) is 4. The lowest BCUT2D eigenvalue weighted by Gasteiger charge is -2.35. The van der Waals surface area contributed by atoms with E-state index >= 15 is 8.78 Å². The molecule has 3 aliphatic heterocycles. The number of nitrogens with one attached hydrogen (secondary N) is 2. The molecule has 4 aromatic carbocycles. The highest BCUT2D eigenvalue weighted by Crippen LogP contribution is 2.56. The topological polar surface area (TPSA) is 164 Å². The minimum Gasteiger partial charge on any atom is -0.488 e. The van der Waals surface area contributed by atoms with E-state index in [1.165, 1.54) is 23.1 Å². The van der Waals surface area contributed by atoms with E-state index in [4.69, 9.17) is 31.9 Å². The van der Waals surface area contributed by atoms with E-state index in [2.05, 4.69) is 21.6 Å². The van der Waals surface area contributed by atoms with E-state index in [0.29, 0.717) is 30.4 Å². The number of imide groups is 1. The van der Waals surface area contributed by atoms with Crippen LogP contribution in [0.25, 0.3) is 22.0 Å². The van der Waals surface area contributed by atoms with Crippen LogP contribution in [0.2, 0.25) is 5.02 Å². The zero-order valence-electron chi connectivity index (χ0n) is 34.7. The summed E-state index contributed by atoms with van der Waals surface area (Å²) in [5.74, 6) is -2.60. The zero-order valence-corrected chi connectivity index (χ0v) is 35.4. The van der Waals surface area contributed by atoms with E-state index in [-0.39, 0.29) is 65.3 Å². The molecule has 0 spiro atoms. The van der Waals surface area contributed by atoms with Gasteiger partial charge in [0, 0.05) is 73.7 Å². The van der Waals surface area contributed by atoms with Gasteiger partial charge in [-0.1, -0.05) is 61.3 Å². The van der Waals surface area contributed by atoms with Crippen LogP contribution in [0, 0.1) is 17.6 Å². The Balaban J connectivity index is 0.964. The van der Waals surface area contributed by atoms with Crippen molar-refractivity contribution in [2.24, 2.45) is 18.7 Å². The number of rotatable bonds is 15. The summed E-state index contributed by atoms with van der Waals surface area (Å²) in [6.07, 6.45) is 5.30. The lowest BCUT2D eigenvalue weighted by molar-refractivity contribution is -0.120. The second-order valence-electron chi connectivity index (χ2n) is 16.3. The van der Waals surface area contributed by atoms with Crippen LogP contribution in [-0.2, 0) is 17.4 Å². The molecule has 4 heterocycles. The van der Waals surface area contributed by atoms with Crippen LogP contribution >= 0.6 is 11.6 Å². The van der Waals surface area contributed by atoms with Gasteiger partial charge in [-0.05, 0) is 68.0 Å². The molecule has 0 unspecified atom stereocenters. The minimum atomic E-state index is -1.06. The van der Waals surface area contributed by atoms with Crippen molar-refractivity contribution in [3.63, 3.8) is 0 Å². The first-order chi connectivity index (χ1) is 29.9. The monoisotopic (exact) mass is 869 g/mol. The fourth-order valence-corrected chi connectivity index (χ4v) is 9.73. The fourth-order valence-electron chi connectivity index (χ4n) is 9.48. The first-order valence-corrected chi connectivity index (χ1v) is 21.5. The lowest BCUT2D eigenvalue weighted by atomic mass is 9.77. The molecule has 0 radical (unpaired) electrons. The summed E-state index contributed by atoms with van der Waals surface area (Å²) in [5, 5.41) is 20.5. The molecule has 3 atom stereocenters. The van der Waals surface area contributed by atoms with Crippen molar-refractivity contribution in [3.8, 4) is 22.6 Å². The molecule has 0 aliphatic carbocycles. The van der Waals surface area contributed by atoms with Gasteiger partial charge in [0.2, 0.25) is 11.8 Å². The number of hydrogen-bond acceptors (Lipinski definition) is 9. The molecule has 5 aromatic rings. The van der Waals surface area contributed by atoms with E-state index in [1.54, 1.807) is 0 Å². The number of piperidine rings is 1. The molecule has 0 bridgehead atoms. The average Bonchev–Trinajstić information content (AvgIpc) is 3.75.